The van der Waals surface area contributed by atoms with E-state index in [0.717, 1.165) is 51.6 Å². The number of imide groups is 1. The summed E-state index contributed by atoms with van der Waals surface area (Å²) in [7, 11) is 0. The van der Waals surface area contributed by atoms with Crippen molar-refractivity contribution in [2.45, 2.75) is 31.7 Å². The second kappa shape index (κ2) is 8.13. The summed E-state index contributed by atoms with van der Waals surface area (Å²) in [5.41, 5.74) is 2.09. The second-order valence-corrected chi connectivity index (χ2v) is 8.92. The first-order valence-electron chi connectivity index (χ1n) is 10.5. The largest absolute Gasteiger partial charge is 0.480 e. The molecule has 1 aliphatic heterocycles. The highest BCUT2D eigenvalue weighted by atomic mass is 32.2. The summed E-state index contributed by atoms with van der Waals surface area (Å²) in [5, 5.41) is 10.8. The van der Waals surface area contributed by atoms with E-state index in [-0.39, 0.29) is 16.8 Å². The minimum Gasteiger partial charge on any atom is -0.480 e. The SMILES string of the molecule is O=C(O)C(CN1C(=O)c2ccccc2C1=O)N(c1ccc2c3c(oc2c1)CCCC3)S(=O)O. The van der Waals surface area contributed by atoms with Crippen LogP contribution < -0.4 is 4.31 Å². The summed E-state index contributed by atoms with van der Waals surface area (Å²) in [6.45, 7) is -0.597. The van der Waals surface area contributed by atoms with Gasteiger partial charge in [0.05, 0.1) is 23.4 Å². The molecule has 2 N–H and O–H groups in total. The van der Waals surface area contributed by atoms with Gasteiger partial charge in [-0.1, -0.05) is 12.1 Å². The fraction of sp³-hybridized carbons (Fsp3) is 0.261. The van der Waals surface area contributed by atoms with Gasteiger partial charge in [0.25, 0.3) is 23.1 Å². The van der Waals surface area contributed by atoms with Crippen LogP contribution >= 0.6 is 0 Å². The fourth-order valence-corrected chi connectivity index (χ4v) is 5.27. The molecule has 2 unspecified atom stereocenters. The quantitative estimate of drug-likeness (QED) is 0.420. The van der Waals surface area contributed by atoms with Crippen molar-refractivity contribution in [2.24, 2.45) is 0 Å². The molecule has 1 aromatic heterocycles. The molecule has 0 saturated heterocycles. The van der Waals surface area contributed by atoms with Crippen LogP contribution in [-0.4, -0.2) is 49.1 Å². The topological polar surface area (TPSA) is 128 Å². The van der Waals surface area contributed by atoms with E-state index in [1.165, 1.54) is 18.2 Å². The lowest BCUT2D eigenvalue weighted by atomic mass is 9.96. The van der Waals surface area contributed by atoms with Crippen LogP contribution in [0.2, 0.25) is 0 Å². The molecule has 0 radical (unpaired) electrons. The fourth-order valence-electron chi connectivity index (χ4n) is 4.60. The Balaban J connectivity index is 1.51. The molecule has 170 valence electrons. The second-order valence-electron chi connectivity index (χ2n) is 8.07. The number of furan rings is 1. The molecule has 1 aliphatic carbocycles. The van der Waals surface area contributed by atoms with Crippen molar-refractivity contribution in [3.8, 4) is 0 Å². The van der Waals surface area contributed by atoms with Gasteiger partial charge >= 0.3 is 5.97 Å². The van der Waals surface area contributed by atoms with E-state index in [4.69, 9.17) is 4.42 Å². The number of carboxylic acids is 1. The minimum atomic E-state index is -2.75. The summed E-state index contributed by atoms with van der Waals surface area (Å²) < 4.78 is 29.0. The van der Waals surface area contributed by atoms with E-state index in [1.54, 1.807) is 24.3 Å². The molecule has 2 aliphatic rings. The van der Waals surface area contributed by atoms with Gasteiger partial charge in [0.2, 0.25) is 0 Å². The van der Waals surface area contributed by atoms with Crippen LogP contribution in [0.1, 0.15) is 44.9 Å². The zero-order chi connectivity index (χ0) is 23.3. The highest BCUT2D eigenvalue weighted by Gasteiger charge is 2.41. The van der Waals surface area contributed by atoms with Gasteiger partial charge in [-0.3, -0.25) is 23.3 Å². The van der Waals surface area contributed by atoms with Crippen molar-refractivity contribution in [2.75, 3.05) is 10.8 Å². The number of carboxylic acid groups (broad SMARTS) is 1. The Labute approximate surface area is 191 Å². The van der Waals surface area contributed by atoms with Gasteiger partial charge in [0.1, 0.15) is 11.3 Å². The van der Waals surface area contributed by atoms with Crippen LogP contribution in [0.15, 0.2) is 46.9 Å². The molecule has 0 saturated carbocycles. The molecule has 3 aromatic rings. The summed E-state index contributed by atoms with van der Waals surface area (Å²) in [6, 6.07) is 9.36. The van der Waals surface area contributed by atoms with Crippen molar-refractivity contribution in [3.63, 3.8) is 0 Å². The first-order chi connectivity index (χ1) is 15.9. The van der Waals surface area contributed by atoms with Crippen LogP contribution in [0.5, 0.6) is 0 Å². The predicted octanol–water partition coefficient (Wildman–Crippen LogP) is 3.00. The van der Waals surface area contributed by atoms with Crippen LogP contribution in [0.25, 0.3) is 11.0 Å². The van der Waals surface area contributed by atoms with E-state index in [9.17, 15) is 28.3 Å². The number of amides is 2. The number of anilines is 1. The van der Waals surface area contributed by atoms with Crippen molar-refractivity contribution in [3.05, 3.63) is 64.9 Å². The number of carbonyl (C=O) groups is 3. The summed E-state index contributed by atoms with van der Waals surface area (Å²) in [4.78, 5) is 38.4. The van der Waals surface area contributed by atoms with E-state index in [1.807, 2.05) is 0 Å². The van der Waals surface area contributed by atoms with Crippen molar-refractivity contribution in [1.82, 2.24) is 4.90 Å². The van der Waals surface area contributed by atoms with E-state index in [2.05, 4.69) is 0 Å². The van der Waals surface area contributed by atoms with Crippen molar-refractivity contribution >= 4 is 45.7 Å². The maximum atomic E-state index is 12.7. The number of fused-ring (bicyclic) bond motifs is 4. The lowest BCUT2D eigenvalue weighted by Crippen LogP contribution is -2.51. The van der Waals surface area contributed by atoms with Crippen molar-refractivity contribution in [1.29, 1.82) is 0 Å². The highest BCUT2D eigenvalue weighted by Crippen LogP contribution is 2.35. The molecule has 0 fully saturated rings. The third kappa shape index (κ3) is 3.51. The third-order valence-electron chi connectivity index (χ3n) is 6.17. The molecule has 2 aromatic carbocycles. The number of hydrogen-bond acceptors (Lipinski definition) is 5. The molecule has 33 heavy (non-hydrogen) atoms. The standard InChI is InChI=1S/C23H20N2O7S/c26-21-16-6-1-2-7-17(16)22(27)24(21)12-18(23(28)29)25(33(30)31)13-9-10-15-14-5-3-4-8-19(14)32-20(15)11-13/h1-2,6-7,9-11,18H,3-5,8,12H2,(H,28,29)(H,30,31). The van der Waals surface area contributed by atoms with Gasteiger partial charge < -0.3 is 9.52 Å². The predicted molar refractivity (Wildman–Crippen MR) is 119 cm³/mol. The zero-order valence-corrected chi connectivity index (χ0v) is 18.2. The van der Waals surface area contributed by atoms with Gasteiger partial charge in [0.15, 0.2) is 6.04 Å². The number of benzene rings is 2. The van der Waals surface area contributed by atoms with Crippen LogP contribution in [-0.2, 0) is 28.9 Å². The van der Waals surface area contributed by atoms with Gasteiger partial charge in [0, 0.05) is 23.4 Å². The Morgan fingerprint density at radius 1 is 1.09 bits per heavy atom. The number of rotatable bonds is 6. The summed E-state index contributed by atoms with van der Waals surface area (Å²) in [5.74, 6) is -1.85. The highest BCUT2D eigenvalue weighted by molar-refractivity contribution is 7.80. The molecular formula is C23H20N2O7S. The summed E-state index contributed by atoms with van der Waals surface area (Å²) >= 11 is -2.75. The average molecular weight is 468 g/mol. The van der Waals surface area contributed by atoms with Gasteiger partial charge in [-0.25, -0.2) is 9.00 Å². The Morgan fingerprint density at radius 2 is 1.76 bits per heavy atom. The Morgan fingerprint density at radius 3 is 2.39 bits per heavy atom. The van der Waals surface area contributed by atoms with Gasteiger partial charge in [-0.2, -0.15) is 0 Å². The van der Waals surface area contributed by atoms with Crippen LogP contribution in [0, 0.1) is 0 Å². The Kier molecular flexibility index (Phi) is 5.26. The van der Waals surface area contributed by atoms with E-state index in [0.29, 0.717) is 5.58 Å². The first-order valence-corrected chi connectivity index (χ1v) is 11.6. The van der Waals surface area contributed by atoms with Crippen LogP contribution in [0.3, 0.4) is 0 Å². The van der Waals surface area contributed by atoms with Crippen molar-refractivity contribution < 1.29 is 32.7 Å². The number of aliphatic carboxylic acids is 1. The summed E-state index contributed by atoms with van der Waals surface area (Å²) in [6.07, 6.45) is 3.77. The van der Waals surface area contributed by atoms with Crippen LogP contribution in [0.4, 0.5) is 5.69 Å². The number of carbonyl (C=O) groups excluding carboxylic acids is 2. The number of aryl methyl sites for hydroxylation is 2. The Bertz CT molecular complexity index is 1300. The lowest BCUT2D eigenvalue weighted by molar-refractivity contribution is -0.138. The average Bonchev–Trinajstić information content (AvgIpc) is 3.28. The molecule has 0 bridgehead atoms. The minimum absolute atomic E-state index is 0.137. The van der Waals surface area contributed by atoms with E-state index >= 15 is 0 Å². The lowest BCUT2D eigenvalue weighted by Gasteiger charge is -2.29. The zero-order valence-electron chi connectivity index (χ0n) is 17.4. The van der Waals surface area contributed by atoms with Gasteiger partial charge in [-0.15, -0.1) is 0 Å². The van der Waals surface area contributed by atoms with Gasteiger partial charge in [-0.05, 0) is 43.5 Å². The monoisotopic (exact) mass is 468 g/mol. The number of nitrogens with zero attached hydrogens (tertiary/aromatic N) is 2. The smallest absolute Gasteiger partial charge is 0.329 e. The maximum absolute atomic E-state index is 12.7. The third-order valence-corrected chi connectivity index (χ3v) is 6.97. The number of hydrogen-bond donors (Lipinski definition) is 2. The molecule has 0 spiro atoms. The first kappa shape index (κ1) is 21.4. The molecule has 2 heterocycles. The molecule has 2 amide bonds. The molecule has 5 rings (SSSR count). The normalized spacial score (nSPS) is 17.1. The molecular weight excluding hydrogens is 448 g/mol. The molecule has 2 atom stereocenters. The molecule has 10 heteroatoms. The molecule has 9 nitrogen and oxygen atoms in total. The Hall–Kier alpha value is -3.50. The maximum Gasteiger partial charge on any atom is 0.329 e. The van der Waals surface area contributed by atoms with E-state index < -0.39 is 41.6 Å².